The zero-order chi connectivity index (χ0) is 18.9. The molecule has 3 rings (SSSR count). The SMILES string of the molecule is Cc1c(CC(=O)c2ccc(CS(=O)(=O)C(C)C)cc2)ccc2c1CCC2. The largest absolute Gasteiger partial charge is 0.294 e. The van der Waals surface area contributed by atoms with Crippen LogP contribution in [0.4, 0.5) is 0 Å². The first-order chi connectivity index (χ1) is 12.3. The summed E-state index contributed by atoms with van der Waals surface area (Å²) in [5, 5.41) is -0.397. The topological polar surface area (TPSA) is 51.2 Å². The standard InChI is InChI=1S/C22H26O3S/c1-15(2)26(24,25)14-17-7-9-19(10-8-17)22(23)13-20-12-11-18-5-4-6-21(18)16(20)3/h7-12,15H,4-6,13-14H2,1-3H3. The first-order valence-electron chi connectivity index (χ1n) is 9.22. The lowest BCUT2D eigenvalue weighted by atomic mass is 9.94. The Hall–Kier alpha value is -1.94. The smallest absolute Gasteiger partial charge is 0.167 e. The molecule has 0 amide bonds. The van der Waals surface area contributed by atoms with E-state index >= 15 is 0 Å². The minimum Gasteiger partial charge on any atom is -0.294 e. The van der Waals surface area contributed by atoms with Crippen molar-refractivity contribution in [3.63, 3.8) is 0 Å². The number of sulfone groups is 1. The fourth-order valence-corrected chi connectivity index (χ4v) is 4.54. The van der Waals surface area contributed by atoms with E-state index in [1.54, 1.807) is 38.1 Å². The van der Waals surface area contributed by atoms with Crippen LogP contribution in [0.3, 0.4) is 0 Å². The fourth-order valence-electron chi connectivity index (χ4n) is 3.55. The van der Waals surface area contributed by atoms with Crippen molar-refractivity contribution >= 4 is 15.6 Å². The molecule has 0 aromatic heterocycles. The molecule has 0 bridgehead atoms. The number of fused-ring (bicyclic) bond motifs is 1. The summed E-state index contributed by atoms with van der Waals surface area (Å²) in [6.45, 7) is 5.49. The Balaban J connectivity index is 1.73. The van der Waals surface area contributed by atoms with Crippen molar-refractivity contribution in [1.29, 1.82) is 0 Å². The summed E-state index contributed by atoms with van der Waals surface area (Å²) in [6.07, 6.45) is 3.85. The number of ketones is 1. The number of rotatable bonds is 6. The van der Waals surface area contributed by atoms with Crippen molar-refractivity contribution < 1.29 is 13.2 Å². The highest BCUT2D eigenvalue weighted by Gasteiger charge is 2.18. The third kappa shape index (κ3) is 3.90. The first kappa shape index (κ1) is 18.8. The number of hydrogen-bond acceptors (Lipinski definition) is 3. The van der Waals surface area contributed by atoms with Crippen molar-refractivity contribution in [3.05, 3.63) is 69.8 Å². The normalized spacial score (nSPS) is 13.8. The van der Waals surface area contributed by atoms with Gasteiger partial charge < -0.3 is 0 Å². The molecule has 0 radical (unpaired) electrons. The highest BCUT2D eigenvalue weighted by atomic mass is 32.2. The van der Waals surface area contributed by atoms with Crippen molar-refractivity contribution in [3.8, 4) is 0 Å². The van der Waals surface area contributed by atoms with E-state index in [9.17, 15) is 13.2 Å². The third-order valence-corrected chi connectivity index (χ3v) is 7.57. The van der Waals surface area contributed by atoms with Crippen LogP contribution >= 0.6 is 0 Å². The molecule has 26 heavy (non-hydrogen) atoms. The predicted octanol–water partition coefficient (Wildman–Crippen LogP) is 4.23. The molecule has 0 saturated heterocycles. The number of aryl methyl sites for hydroxylation is 1. The molecule has 0 unspecified atom stereocenters. The molecule has 1 aliphatic rings. The summed E-state index contributed by atoms with van der Waals surface area (Å²) in [5.41, 5.74) is 6.56. The average Bonchev–Trinajstić information content (AvgIpc) is 3.07. The van der Waals surface area contributed by atoms with E-state index in [2.05, 4.69) is 19.1 Å². The maximum atomic E-state index is 12.7. The molecule has 2 aromatic carbocycles. The van der Waals surface area contributed by atoms with Crippen molar-refractivity contribution in [1.82, 2.24) is 0 Å². The van der Waals surface area contributed by atoms with E-state index in [1.165, 1.54) is 23.1 Å². The molecule has 0 atom stereocenters. The second kappa shape index (κ2) is 7.36. The van der Waals surface area contributed by atoms with Gasteiger partial charge in [0.15, 0.2) is 15.6 Å². The Morgan fingerprint density at radius 3 is 2.38 bits per heavy atom. The summed E-state index contributed by atoms with van der Waals surface area (Å²) in [5.74, 6) is 0.0904. The van der Waals surface area contributed by atoms with Gasteiger partial charge in [-0.25, -0.2) is 8.42 Å². The van der Waals surface area contributed by atoms with Crippen LogP contribution in [0.15, 0.2) is 36.4 Å². The molecule has 1 aliphatic carbocycles. The Labute approximate surface area is 156 Å². The van der Waals surface area contributed by atoms with Gasteiger partial charge in [-0.1, -0.05) is 36.4 Å². The van der Waals surface area contributed by atoms with Crippen LogP contribution < -0.4 is 0 Å². The van der Waals surface area contributed by atoms with Gasteiger partial charge in [0, 0.05) is 12.0 Å². The van der Waals surface area contributed by atoms with Gasteiger partial charge >= 0.3 is 0 Å². The fraction of sp³-hybridized carbons (Fsp3) is 0.409. The third-order valence-electron chi connectivity index (χ3n) is 5.39. The molecule has 3 nitrogen and oxygen atoms in total. The summed E-state index contributed by atoms with van der Waals surface area (Å²) < 4.78 is 24.0. The predicted molar refractivity (Wildman–Crippen MR) is 105 cm³/mol. The lowest BCUT2D eigenvalue weighted by Crippen LogP contribution is -2.16. The summed E-state index contributed by atoms with van der Waals surface area (Å²) in [4.78, 5) is 12.7. The second-order valence-corrected chi connectivity index (χ2v) is 10.1. The van der Waals surface area contributed by atoms with Crippen LogP contribution in [-0.4, -0.2) is 19.5 Å². The van der Waals surface area contributed by atoms with E-state index in [0.717, 1.165) is 24.0 Å². The first-order valence-corrected chi connectivity index (χ1v) is 10.9. The van der Waals surface area contributed by atoms with Gasteiger partial charge in [0.1, 0.15) is 0 Å². The van der Waals surface area contributed by atoms with Gasteiger partial charge in [-0.3, -0.25) is 4.79 Å². The Morgan fingerprint density at radius 1 is 1.04 bits per heavy atom. The zero-order valence-electron chi connectivity index (χ0n) is 15.7. The molecule has 0 heterocycles. The van der Waals surface area contributed by atoms with Crippen LogP contribution in [-0.2, 0) is 34.9 Å². The van der Waals surface area contributed by atoms with Gasteiger partial charge in [-0.2, -0.15) is 0 Å². The van der Waals surface area contributed by atoms with Crippen LogP contribution in [0.2, 0.25) is 0 Å². The van der Waals surface area contributed by atoms with E-state index in [4.69, 9.17) is 0 Å². The van der Waals surface area contributed by atoms with Crippen LogP contribution in [0.25, 0.3) is 0 Å². The Kier molecular flexibility index (Phi) is 5.33. The number of hydrogen-bond donors (Lipinski definition) is 0. The van der Waals surface area contributed by atoms with Gasteiger partial charge in [0.25, 0.3) is 0 Å². The number of carbonyl (C=O) groups is 1. The van der Waals surface area contributed by atoms with Gasteiger partial charge in [-0.05, 0) is 67.9 Å². The molecule has 0 aliphatic heterocycles. The van der Waals surface area contributed by atoms with Crippen LogP contribution in [0, 0.1) is 6.92 Å². The maximum Gasteiger partial charge on any atom is 0.167 e. The molecular weight excluding hydrogens is 344 g/mol. The quantitative estimate of drug-likeness (QED) is 0.715. The molecule has 2 aromatic rings. The second-order valence-electron chi connectivity index (χ2n) is 7.49. The molecule has 0 N–H and O–H groups in total. The highest BCUT2D eigenvalue weighted by Crippen LogP contribution is 2.28. The summed E-state index contributed by atoms with van der Waals surface area (Å²) >= 11 is 0. The monoisotopic (exact) mass is 370 g/mol. The summed E-state index contributed by atoms with van der Waals surface area (Å²) in [7, 11) is -3.13. The van der Waals surface area contributed by atoms with E-state index in [-0.39, 0.29) is 11.5 Å². The van der Waals surface area contributed by atoms with Crippen LogP contribution in [0.5, 0.6) is 0 Å². The average molecular weight is 371 g/mol. The number of benzene rings is 2. The molecule has 0 spiro atoms. The van der Waals surface area contributed by atoms with Crippen molar-refractivity contribution in [2.24, 2.45) is 0 Å². The molecule has 138 valence electrons. The van der Waals surface area contributed by atoms with E-state index < -0.39 is 15.1 Å². The Bertz CT molecular complexity index is 923. The lowest BCUT2D eigenvalue weighted by Gasteiger charge is -2.11. The van der Waals surface area contributed by atoms with Crippen molar-refractivity contribution in [2.45, 2.75) is 57.5 Å². The molecule has 0 fully saturated rings. The zero-order valence-corrected chi connectivity index (χ0v) is 16.5. The molecule has 4 heteroatoms. The number of carbonyl (C=O) groups excluding carboxylic acids is 1. The lowest BCUT2D eigenvalue weighted by molar-refractivity contribution is 0.0992. The highest BCUT2D eigenvalue weighted by molar-refractivity contribution is 7.91. The van der Waals surface area contributed by atoms with E-state index in [1.807, 2.05) is 0 Å². The van der Waals surface area contributed by atoms with Crippen LogP contribution in [0.1, 0.15) is 58.4 Å². The summed E-state index contributed by atoms with van der Waals surface area (Å²) in [6, 6.07) is 11.2. The molecule has 0 saturated carbocycles. The van der Waals surface area contributed by atoms with Gasteiger partial charge in [0.05, 0.1) is 11.0 Å². The number of Topliss-reactive ketones (excluding diaryl/α,β-unsaturated/α-hetero) is 1. The maximum absolute atomic E-state index is 12.7. The minimum atomic E-state index is -3.13. The van der Waals surface area contributed by atoms with Gasteiger partial charge in [-0.15, -0.1) is 0 Å². The Morgan fingerprint density at radius 2 is 1.73 bits per heavy atom. The van der Waals surface area contributed by atoms with E-state index in [0.29, 0.717) is 12.0 Å². The van der Waals surface area contributed by atoms with Gasteiger partial charge in [0.2, 0.25) is 0 Å². The van der Waals surface area contributed by atoms with Crippen molar-refractivity contribution in [2.75, 3.05) is 0 Å². The molecular formula is C22H26O3S. The minimum absolute atomic E-state index is 0.0169.